The van der Waals surface area contributed by atoms with Gasteiger partial charge in [-0.3, -0.25) is 4.79 Å². The van der Waals surface area contributed by atoms with Gasteiger partial charge in [-0.1, -0.05) is 29.8 Å². The molecule has 2 amide bonds. The topological polar surface area (TPSA) is 66.9 Å². The first kappa shape index (κ1) is 20.9. The van der Waals surface area contributed by atoms with Gasteiger partial charge >= 0.3 is 12.1 Å². The van der Waals surface area contributed by atoms with E-state index in [4.69, 9.17) is 28.1 Å². The smallest absolute Gasteiger partial charge is 0.371 e. The van der Waals surface area contributed by atoms with Gasteiger partial charge < -0.3 is 4.74 Å². The zero-order valence-corrected chi connectivity index (χ0v) is 16.5. The monoisotopic (exact) mass is 408 g/mol. The molecule has 0 saturated carbocycles. The van der Waals surface area contributed by atoms with Gasteiger partial charge in [0.2, 0.25) is 0 Å². The maximum absolute atomic E-state index is 12.8. The minimum Gasteiger partial charge on any atom is -0.371 e. The van der Waals surface area contributed by atoms with Crippen LogP contribution in [0.5, 0.6) is 0 Å². The van der Waals surface area contributed by atoms with E-state index in [1.54, 1.807) is 39.0 Å². The molecular weight excluding hydrogens is 391 g/mol. The zero-order valence-electron chi connectivity index (χ0n) is 15.0. The number of halogens is 2. The van der Waals surface area contributed by atoms with Crippen LogP contribution < -0.4 is 0 Å². The molecule has 0 aliphatic heterocycles. The van der Waals surface area contributed by atoms with Crippen molar-refractivity contribution >= 4 is 41.3 Å². The van der Waals surface area contributed by atoms with Crippen LogP contribution >= 0.6 is 23.4 Å². The lowest BCUT2D eigenvalue weighted by Crippen LogP contribution is -2.53. The highest BCUT2D eigenvalue weighted by atomic mass is 35.5. The minimum absolute atomic E-state index is 0.108. The molecule has 2 aromatic rings. The number of nitrogens with zero attached hydrogens (tertiary/aromatic N) is 2. The molecule has 0 atom stereocenters. The van der Waals surface area contributed by atoms with E-state index in [2.05, 4.69) is 0 Å². The fourth-order valence-corrected chi connectivity index (χ4v) is 2.26. The van der Waals surface area contributed by atoms with Gasteiger partial charge in [0.25, 0.3) is 5.91 Å². The lowest BCUT2D eigenvalue weighted by Gasteiger charge is -2.35. The number of amides is 2. The van der Waals surface area contributed by atoms with Crippen molar-refractivity contribution in [3.63, 3.8) is 0 Å². The average molecular weight is 409 g/mol. The van der Waals surface area contributed by atoms with Gasteiger partial charge in [0, 0.05) is 27.9 Å². The maximum atomic E-state index is 12.8. The fraction of sp³-hybridized carbons (Fsp3) is 0.211. The first-order chi connectivity index (χ1) is 12.6. The zero-order chi connectivity index (χ0) is 20.2. The molecule has 2 rings (SSSR count). The van der Waals surface area contributed by atoms with Gasteiger partial charge in [-0.05, 0) is 57.2 Å². The number of imide groups is 1. The van der Waals surface area contributed by atoms with Crippen LogP contribution in [-0.4, -0.2) is 33.0 Å². The van der Waals surface area contributed by atoms with Crippen LogP contribution in [0.3, 0.4) is 0 Å². The summed E-state index contributed by atoms with van der Waals surface area (Å²) in [5.41, 5.74) is -0.492. The van der Waals surface area contributed by atoms with Gasteiger partial charge in [-0.15, -0.1) is 4.53 Å². The van der Waals surface area contributed by atoms with Gasteiger partial charge in [0.1, 0.15) is 0 Å². The van der Waals surface area contributed by atoms with Crippen LogP contribution in [0.15, 0.2) is 54.6 Å². The minimum atomic E-state index is -1.21. The summed E-state index contributed by atoms with van der Waals surface area (Å²) in [5, 5.41) is 1.02. The Labute approximate surface area is 167 Å². The van der Waals surface area contributed by atoms with Crippen LogP contribution in [0.25, 0.3) is 0 Å². The number of hydrogen-bond acceptors (Lipinski definition) is 5. The molecule has 0 aromatic heterocycles. The normalized spacial score (nSPS) is 11.2. The van der Waals surface area contributed by atoms with Crippen molar-refractivity contribution in [1.82, 2.24) is 9.54 Å². The van der Waals surface area contributed by atoms with Crippen LogP contribution in [-0.2, 0) is 4.74 Å². The third kappa shape index (κ3) is 5.29. The molecular formula is C19H18Cl2N2O4. The standard InChI is InChI=1S/C19H18Cl2N2O4/c1-19(2,3)23(21)22(16(24)13-7-5-4-6-8-13)18(26)27-17(25)14-9-11-15(20)12-10-14/h4-12H,1-3H3. The third-order valence-electron chi connectivity index (χ3n) is 3.38. The molecule has 6 nitrogen and oxygen atoms in total. The summed E-state index contributed by atoms with van der Waals surface area (Å²) in [4.78, 5) is 37.6. The Morgan fingerprint density at radius 1 is 0.889 bits per heavy atom. The summed E-state index contributed by atoms with van der Waals surface area (Å²) in [6.07, 6.45) is -1.21. The molecule has 0 saturated heterocycles. The summed E-state index contributed by atoms with van der Waals surface area (Å²) in [6.45, 7) is 5.08. The Bertz CT molecular complexity index is 833. The maximum Gasteiger partial charge on any atom is 0.441 e. The highest BCUT2D eigenvalue weighted by molar-refractivity contribution is 6.30. The molecule has 0 fully saturated rings. The van der Waals surface area contributed by atoms with Crippen LogP contribution in [0, 0.1) is 0 Å². The van der Waals surface area contributed by atoms with E-state index < -0.39 is 23.5 Å². The van der Waals surface area contributed by atoms with Crippen molar-refractivity contribution in [2.24, 2.45) is 0 Å². The van der Waals surface area contributed by atoms with Crippen molar-refractivity contribution in [3.8, 4) is 0 Å². The summed E-state index contributed by atoms with van der Waals surface area (Å²) in [5.74, 6) is -1.66. The predicted octanol–water partition coefficient (Wildman–Crippen LogP) is 4.93. The first-order valence-electron chi connectivity index (χ1n) is 7.98. The Balaban J connectivity index is 2.29. The Hall–Kier alpha value is -2.41. The summed E-state index contributed by atoms with van der Waals surface area (Å²) >= 11 is 12.0. The third-order valence-corrected chi connectivity index (χ3v) is 4.29. The molecule has 0 bridgehead atoms. The molecule has 0 unspecified atom stereocenters. The van der Waals surface area contributed by atoms with E-state index in [0.29, 0.717) is 10.0 Å². The SMILES string of the molecule is CC(C)(C)N(Cl)N(C(=O)OC(=O)c1ccc(Cl)cc1)C(=O)c1ccccc1. The molecule has 0 aliphatic rings. The molecule has 0 aliphatic carbocycles. The van der Waals surface area contributed by atoms with E-state index in [0.717, 1.165) is 4.53 Å². The first-order valence-corrected chi connectivity index (χ1v) is 8.70. The summed E-state index contributed by atoms with van der Waals surface area (Å²) in [6, 6.07) is 13.8. The molecule has 27 heavy (non-hydrogen) atoms. The molecule has 142 valence electrons. The number of rotatable bonds is 3. The summed E-state index contributed by atoms with van der Waals surface area (Å²) in [7, 11) is 0. The fourth-order valence-electron chi connectivity index (χ4n) is 2.00. The highest BCUT2D eigenvalue weighted by Gasteiger charge is 2.37. The molecule has 0 N–H and O–H groups in total. The van der Waals surface area contributed by atoms with E-state index in [9.17, 15) is 14.4 Å². The molecule has 0 radical (unpaired) electrons. The molecule has 0 heterocycles. The van der Waals surface area contributed by atoms with Crippen LogP contribution in [0.2, 0.25) is 5.02 Å². The van der Waals surface area contributed by atoms with E-state index >= 15 is 0 Å². The van der Waals surface area contributed by atoms with Crippen LogP contribution in [0.4, 0.5) is 4.79 Å². The highest BCUT2D eigenvalue weighted by Crippen LogP contribution is 2.23. The number of esters is 1. The number of carbonyl (C=O) groups excluding carboxylic acids is 3. The Morgan fingerprint density at radius 2 is 1.44 bits per heavy atom. The van der Waals surface area contributed by atoms with E-state index in [-0.39, 0.29) is 11.1 Å². The Kier molecular flexibility index (Phi) is 6.59. The van der Waals surface area contributed by atoms with Crippen molar-refractivity contribution in [2.45, 2.75) is 26.3 Å². The van der Waals surface area contributed by atoms with Crippen molar-refractivity contribution in [2.75, 3.05) is 0 Å². The average Bonchev–Trinajstić information content (AvgIpc) is 2.62. The number of carbonyl (C=O) groups is 3. The molecule has 2 aromatic carbocycles. The summed E-state index contributed by atoms with van der Waals surface area (Å²) < 4.78 is 5.76. The second-order valence-electron chi connectivity index (χ2n) is 6.58. The number of hydrogen-bond donors (Lipinski definition) is 0. The van der Waals surface area contributed by atoms with Gasteiger partial charge in [0.05, 0.1) is 5.56 Å². The van der Waals surface area contributed by atoms with Gasteiger partial charge in [-0.2, -0.15) is 5.01 Å². The van der Waals surface area contributed by atoms with Gasteiger partial charge in [-0.25, -0.2) is 9.59 Å². The van der Waals surface area contributed by atoms with Crippen molar-refractivity contribution in [3.05, 3.63) is 70.7 Å². The largest absolute Gasteiger partial charge is 0.441 e. The molecule has 8 heteroatoms. The number of hydrazine groups is 1. The van der Waals surface area contributed by atoms with Gasteiger partial charge in [0.15, 0.2) is 0 Å². The number of benzene rings is 2. The Morgan fingerprint density at radius 3 is 1.96 bits per heavy atom. The second-order valence-corrected chi connectivity index (χ2v) is 7.33. The lowest BCUT2D eigenvalue weighted by atomic mass is 10.1. The quantitative estimate of drug-likeness (QED) is 0.311. The van der Waals surface area contributed by atoms with Crippen molar-refractivity contribution < 1.29 is 19.1 Å². The second kappa shape index (κ2) is 8.52. The van der Waals surface area contributed by atoms with Crippen LogP contribution in [0.1, 0.15) is 41.5 Å². The lowest BCUT2D eigenvalue weighted by molar-refractivity contribution is 0.000739. The van der Waals surface area contributed by atoms with E-state index in [1.807, 2.05) is 0 Å². The predicted molar refractivity (Wildman–Crippen MR) is 102 cm³/mol. The van der Waals surface area contributed by atoms with Crippen molar-refractivity contribution in [1.29, 1.82) is 0 Å². The molecule has 0 spiro atoms. The number of ether oxygens (including phenoxy) is 1. The van der Waals surface area contributed by atoms with E-state index in [1.165, 1.54) is 36.4 Å².